The molecule has 4 heteroatoms. The van der Waals surface area contributed by atoms with E-state index in [2.05, 4.69) is 12.1 Å². The fourth-order valence-corrected chi connectivity index (χ4v) is 3.18. The maximum absolute atomic E-state index is 12.6. The molecule has 0 aromatic heterocycles. The molecule has 2 rings (SSSR count). The Labute approximate surface area is 131 Å². The molecule has 120 valence electrons. The highest BCUT2D eigenvalue weighted by molar-refractivity contribution is 6.05. The number of benzene rings is 1. The molecule has 0 aliphatic heterocycles. The van der Waals surface area contributed by atoms with Gasteiger partial charge in [0.05, 0.1) is 5.92 Å². The van der Waals surface area contributed by atoms with Crippen LogP contribution in [0.4, 0.5) is 0 Å². The Morgan fingerprint density at radius 3 is 2.50 bits per heavy atom. The number of methoxy groups -OCH3 is 2. The summed E-state index contributed by atoms with van der Waals surface area (Å²) in [6, 6.07) is 10.1. The number of carbonyl (C=O) groups is 2. The van der Waals surface area contributed by atoms with Crippen LogP contribution in [0.5, 0.6) is 0 Å². The molecular formula is C18H24O4. The third-order valence-electron chi connectivity index (χ3n) is 4.42. The van der Waals surface area contributed by atoms with Crippen molar-refractivity contribution in [2.45, 2.75) is 38.4 Å². The van der Waals surface area contributed by atoms with E-state index in [4.69, 9.17) is 9.47 Å². The first-order chi connectivity index (χ1) is 10.7. The zero-order valence-corrected chi connectivity index (χ0v) is 13.3. The lowest BCUT2D eigenvalue weighted by molar-refractivity contribution is -0.164. The number of hydrogen-bond donors (Lipinski definition) is 0. The van der Waals surface area contributed by atoms with Gasteiger partial charge in [-0.1, -0.05) is 36.8 Å². The number of carbonyl (C=O) groups excluding carboxylic acids is 2. The minimum absolute atomic E-state index is 0.0303. The Bertz CT molecular complexity index is 493. The molecule has 1 saturated carbocycles. The van der Waals surface area contributed by atoms with E-state index >= 15 is 0 Å². The van der Waals surface area contributed by atoms with Crippen molar-refractivity contribution in [2.24, 2.45) is 11.8 Å². The van der Waals surface area contributed by atoms with Gasteiger partial charge in [0.15, 0.2) is 5.78 Å². The Morgan fingerprint density at radius 1 is 1.18 bits per heavy atom. The molecule has 1 aliphatic rings. The lowest BCUT2D eigenvalue weighted by atomic mass is 9.76. The second kappa shape index (κ2) is 8.20. The van der Waals surface area contributed by atoms with Crippen LogP contribution in [-0.4, -0.2) is 32.1 Å². The van der Waals surface area contributed by atoms with E-state index in [9.17, 15) is 9.59 Å². The number of ketones is 2. The van der Waals surface area contributed by atoms with Gasteiger partial charge >= 0.3 is 0 Å². The molecule has 1 aromatic rings. The lowest BCUT2D eigenvalue weighted by Crippen LogP contribution is -2.40. The molecule has 0 spiro atoms. The average Bonchev–Trinajstić information content (AvgIpc) is 2.56. The van der Waals surface area contributed by atoms with Crippen molar-refractivity contribution in [1.29, 1.82) is 0 Å². The van der Waals surface area contributed by atoms with Gasteiger partial charge < -0.3 is 9.47 Å². The maximum atomic E-state index is 12.6. The van der Waals surface area contributed by atoms with Crippen LogP contribution in [0.15, 0.2) is 30.3 Å². The molecule has 1 aliphatic carbocycles. The molecule has 4 nitrogen and oxygen atoms in total. The number of ether oxygens (including phenoxy) is 2. The molecule has 0 radical (unpaired) electrons. The van der Waals surface area contributed by atoms with Crippen molar-refractivity contribution < 1.29 is 19.1 Å². The predicted octanol–water partition coefficient (Wildman–Crippen LogP) is 2.79. The molecule has 0 bridgehead atoms. The Morgan fingerprint density at radius 2 is 1.86 bits per heavy atom. The zero-order valence-electron chi connectivity index (χ0n) is 13.3. The van der Waals surface area contributed by atoms with Crippen molar-refractivity contribution >= 4 is 11.6 Å². The van der Waals surface area contributed by atoms with E-state index < -0.39 is 12.2 Å². The summed E-state index contributed by atoms with van der Waals surface area (Å²) in [4.78, 5) is 24.9. The summed E-state index contributed by atoms with van der Waals surface area (Å²) in [6.45, 7) is 0. The van der Waals surface area contributed by atoms with Crippen LogP contribution in [0.1, 0.15) is 31.2 Å². The number of aryl methyl sites for hydroxylation is 1. The van der Waals surface area contributed by atoms with E-state index in [1.54, 1.807) is 0 Å². The van der Waals surface area contributed by atoms with E-state index in [0.29, 0.717) is 6.42 Å². The molecule has 22 heavy (non-hydrogen) atoms. The maximum Gasteiger partial charge on any atom is 0.218 e. The summed E-state index contributed by atoms with van der Waals surface area (Å²) in [5.74, 6) is -0.776. The Balaban J connectivity index is 1.96. The minimum atomic E-state index is -0.929. The molecule has 2 atom stereocenters. The van der Waals surface area contributed by atoms with Crippen molar-refractivity contribution in [3.8, 4) is 0 Å². The molecule has 0 N–H and O–H groups in total. The number of hydrogen-bond acceptors (Lipinski definition) is 4. The van der Waals surface area contributed by atoms with Gasteiger partial charge in [0, 0.05) is 20.1 Å². The lowest BCUT2D eigenvalue weighted by Gasteiger charge is -2.28. The highest BCUT2D eigenvalue weighted by atomic mass is 16.7. The molecule has 1 aromatic carbocycles. The van der Waals surface area contributed by atoms with Gasteiger partial charge in [-0.2, -0.15) is 0 Å². The van der Waals surface area contributed by atoms with Crippen LogP contribution < -0.4 is 0 Å². The molecule has 1 fully saturated rings. The molecule has 0 amide bonds. The van der Waals surface area contributed by atoms with Crippen LogP contribution >= 0.6 is 0 Å². The van der Waals surface area contributed by atoms with Crippen molar-refractivity contribution in [3.05, 3.63) is 35.9 Å². The van der Waals surface area contributed by atoms with Crippen LogP contribution in [0.2, 0.25) is 0 Å². The summed E-state index contributed by atoms with van der Waals surface area (Å²) in [6.07, 6.45) is 3.14. The van der Waals surface area contributed by atoms with Gasteiger partial charge in [-0.25, -0.2) is 0 Å². The number of Topliss-reactive ketones (excluding diaryl/α,β-unsaturated/α-hetero) is 2. The summed E-state index contributed by atoms with van der Waals surface area (Å²) in [7, 11) is 2.85. The van der Waals surface area contributed by atoms with E-state index in [1.807, 2.05) is 18.2 Å². The van der Waals surface area contributed by atoms with Crippen LogP contribution in [-0.2, 0) is 25.5 Å². The Kier molecular flexibility index (Phi) is 6.28. The van der Waals surface area contributed by atoms with Gasteiger partial charge in [-0.05, 0) is 31.2 Å². The smallest absolute Gasteiger partial charge is 0.218 e. The topological polar surface area (TPSA) is 52.6 Å². The van der Waals surface area contributed by atoms with Crippen molar-refractivity contribution in [3.63, 3.8) is 0 Å². The second-order valence-corrected chi connectivity index (χ2v) is 5.81. The zero-order chi connectivity index (χ0) is 15.9. The van der Waals surface area contributed by atoms with Gasteiger partial charge in [0.25, 0.3) is 0 Å². The summed E-state index contributed by atoms with van der Waals surface area (Å²) in [5.41, 5.74) is 1.23. The number of rotatable bonds is 7. The summed E-state index contributed by atoms with van der Waals surface area (Å²) >= 11 is 0. The fraction of sp³-hybridized carbons (Fsp3) is 0.556. The molecule has 0 saturated heterocycles. The van der Waals surface area contributed by atoms with Crippen LogP contribution in [0.25, 0.3) is 0 Å². The first-order valence-corrected chi connectivity index (χ1v) is 7.84. The monoisotopic (exact) mass is 304 g/mol. The predicted molar refractivity (Wildman–Crippen MR) is 83.4 cm³/mol. The van der Waals surface area contributed by atoms with Gasteiger partial charge in [0.1, 0.15) is 5.78 Å². The SMILES string of the molecule is COC(OC)C(=O)C1CCCC(CCc2ccccc2)C1=O. The van der Waals surface area contributed by atoms with E-state index in [-0.39, 0.29) is 17.5 Å². The highest BCUT2D eigenvalue weighted by Crippen LogP contribution is 2.30. The van der Waals surface area contributed by atoms with Crippen molar-refractivity contribution in [1.82, 2.24) is 0 Å². The molecular weight excluding hydrogens is 280 g/mol. The van der Waals surface area contributed by atoms with Gasteiger partial charge in [-0.3, -0.25) is 9.59 Å². The fourth-order valence-electron chi connectivity index (χ4n) is 3.18. The quantitative estimate of drug-likeness (QED) is 0.574. The third-order valence-corrected chi connectivity index (χ3v) is 4.42. The molecule has 0 heterocycles. The third kappa shape index (κ3) is 4.02. The average molecular weight is 304 g/mol. The van der Waals surface area contributed by atoms with Crippen LogP contribution in [0.3, 0.4) is 0 Å². The first kappa shape index (κ1) is 16.8. The summed E-state index contributed by atoms with van der Waals surface area (Å²) in [5, 5.41) is 0. The van der Waals surface area contributed by atoms with Gasteiger partial charge in [-0.15, -0.1) is 0 Å². The van der Waals surface area contributed by atoms with E-state index in [1.165, 1.54) is 19.8 Å². The normalized spacial score (nSPS) is 22.0. The van der Waals surface area contributed by atoms with E-state index in [0.717, 1.165) is 25.7 Å². The van der Waals surface area contributed by atoms with Gasteiger partial charge in [0.2, 0.25) is 6.29 Å². The summed E-state index contributed by atoms with van der Waals surface area (Å²) < 4.78 is 10.0. The molecule has 2 unspecified atom stereocenters. The second-order valence-electron chi connectivity index (χ2n) is 5.81. The standard InChI is InChI=1S/C18H24O4/c1-21-18(22-2)17(20)15-10-6-9-14(16(15)19)12-11-13-7-4-3-5-8-13/h3-5,7-8,14-15,18H,6,9-12H2,1-2H3. The first-order valence-electron chi connectivity index (χ1n) is 7.84. The Hall–Kier alpha value is -1.52. The van der Waals surface area contributed by atoms with Crippen LogP contribution in [0, 0.1) is 11.8 Å². The largest absolute Gasteiger partial charge is 0.349 e. The highest BCUT2D eigenvalue weighted by Gasteiger charge is 2.38. The minimum Gasteiger partial charge on any atom is -0.349 e. The van der Waals surface area contributed by atoms with Crippen molar-refractivity contribution in [2.75, 3.05) is 14.2 Å².